The number of rotatable bonds is 0. The lowest BCUT2D eigenvalue weighted by molar-refractivity contribution is 0.888. The van der Waals surface area contributed by atoms with Crippen LogP contribution in [0.3, 0.4) is 0 Å². The highest BCUT2D eigenvalue weighted by Gasteiger charge is 2.15. The molecule has 0 atom stereocenters. The van der Waals surface area contributed by atoms with E-state index in [2.05, 4.69) is 28.6 Å². The van der Waals surface area contributed by atoms with Crippen molar-refractivity contribution in [2.75, 3.05) is 0 Å². The molecule has 0 fully saturated rings. The number of aromatic nitrogens is 2. The van der Waals surface area contributed by atoms with Crippen molar-refractivity contribution in [3.8, 4) is 0 Å². The molecule has 2 aromatic rings. The van der Waals surface area contributed by atoms with Gasteiger partial charge in [-0.25, -0.2) is 4.98 Å². The van der Waals surface area contributed by atoms with E-state index in [-0.39, 0.29) is 0 Å². The number of imidazole rings is 1. The number of fused-ring (bicyclic) bond motifs is 3. The van der Waals surface area contributed by atoms with Crippen molar-refractivity contribution in [1.82, 2.24) is 9.38 Å². The van der Waals surface area contributed by atoms with E-state index < -0.39 is 0 Å². The molecule has 0 bridgehead atoms. The van der Waals surface area contributed by atoms with Crippen molar-refractivity contribution in [3.05, 3.63) is 35.3 Å². The highest BCUT2D eigenvalue weighted by Crippen LogP contribution is 2.24. The molecule has 0 spiro atoms. The number of hydrogen-bond donors (Lipinski definition) is 0. The highest BCUT2D eigenvalue weighted by atomic mass is 15.0. The predicted molar refractivity (Wildman–Crippen MR) is 52.0 cm³/mol. The molecule has 0 saturated carbocycles. The molecule has 0 amide bonds. The largest absolute Gasteiger partial charge is 0.304 e. The van der Waals surface area contributed by atoms with Gasteiger partial charge in [-0.15, -0.1) is 0 Å². The zero-order chi connectivity index (χ0) is 8.84. The standard InChI is InChI=1S/C11H12N2/c1-8-7-9-3-2-4-10(9)13-6-5-12-11(8)13/h5-7H,2-4H2,1H3. The normalized spacial score (nSPS) is 15.2. The van der Waals surface area contributed by atoms with Crippen LogP contribution in [0.1, 0.15) is 23.2 Å². The average molecular weight is 172 g/mol. The third-order valence-corrected chi connectivity index (χ3v) is 2.91. The van der Waals surface area contributed by atoms with Gasteiger partial charge in [-0.2, -0.15) is 0 Å². The first-order valence-corrected chi connectivity index (χ1v) is 4.81. The van der Waals surface area contributed by atoms with Crippen LogP contribution in [-0.4, -0.2) is 9.38 Å². The van der Waals surface area contributed by atoms with Gasteiger partial charge >= 0.3 is 0 Å². The van der Waals surface area contributed by atoms with E-state index in [0.29, 0.717) is 0 Å². The molecular weight excluding hydrogens is 160 g/mol. The molecule has 0 unspecified atom stereocenters. The van der Waals surface area contributed by atoms with Crippen LogP contribution >= 0.6 is 0 Å². The van der Waals surface area contributed by atoms with Gasteiger partial charge in [0.05, 0.1) is 0 Å². The molecule has 13 heavy (non-hydrogen) atoms. The minimum atomic E-state index is 1.13. The molecule has 1 aliphatic carbocycles. The van der Waals surface area contributed by atoms with Crippen LogP contribution < -0.4 is 0 Å². The summed E-state index contributed by atoms with van der Waals surface area (Å²) >= 11 is 0. The summed E-state index contributed by atoms with van der Waals surface area (Å²) < 4.78 is 2.25. The summed E-state index contributed by atoms with van der Waals surface area (Å²) in [5.41, 5.74) is 5.41. The summed E-state index contributed by atoms with van der Waals surface area (Å²) in [7, 11) is 0. The van der Waals surface area contributed by atoms with Gasteiger partial charge in [0, 0.05) is 18.1 Å². The molecule has 0 saturated heterocycles. The maximum atomic E-state index is 4.36. The summed E-state index contributed by atoms with van der Waals surface area (Å²) in [4.78, 5) is 4.36. The Morgan fingerprint density at radius 1 is 1.38 bits per heavy atom. The van der Waals surface area contributed by atoms with Crippen molar-refractivity contribution in [3.63, 3.8) is 0 Å². The fraction of sp³-hybridized carbons (Fsp3) is 0.364. The second kappa shape index (κ2) is 2.34. The van der Waals surface area contributed by atoms with Crippen LogP contribution in [0.4, 0.5) is 0 Å². The van der Waals surface area contributed by atoms with E-state index in [1.807, 2.05) is 6.20 Å². The Hall–Kier alpha value is -1.31. The first kappa shape index (κ1) is 7.13. The molecule has 0 radical (unpaired) electrons. The fourth-order valence-corrected chi connectivity index (χ4v) is 2.32. The van der Waals surface area contributed by atoms with Gasteiger partial charge in [0.2, 0.25) is 0 Å². The fourth-order valence-electron chi connectivity index (χ4n) is 2.32. The van der Waals surface area contributed by atoms with Crippen LogP contribution in [0.25, 0.3) is 5.65 Å². The Labute approximate surface area is 77.2 Å². The first-order chi connectivity index (χ1) is 6.36. The molecule has 3 rings (SSSR count). The van der Waals surface area contributed by atoms with E-state index in [0.717, 1.165) is 5.65 Å². The first-order valence-electron chi connectivity index (χ1n) is 4.81. The molecule has 2 aromatic heterocycles. The lowest BCUT2D eigenvalue weighted by Gasteiger charge is -2.05. The maximum Gasteiger partial charge on any atom is 0.139 e. The summed E-state index contributed by atoms with van der Waals surface area (Å²) in [6, 6.07) is 2.30. The molecule has 0 aromatic carbocycles. The molecule has 66 valence electrons. The van der Waals surface area contributed by atoms with Crippen molar-refractivity contribution in [2.45, 2.75) is 26.2 Å². The van der Waals surface area contributed by atoms with Gasteiger partial charge in [0.15, 0.2) is 0 Å². The quantitative estimate of drug-likeness (QED) is 0.595. The van der Waals surface area contributed by atoms with Crippen LogP contribution in [0.5, 0.6) is 0 Å². The van der Waals surface area contributed by atoms with E-state index in [1.165, 1.54) is 36.1 Å². The number of aryl methyl sites for hydroxylation is 3. The van der Waals surface area contributed by atoms with Gasteiger partial charge in [-0.3, -0.25) is 0 Å². The average Bonchev–Trinajstić information content (AvgIpc) is 2.66. The van der Waals surface area contributed by atoms with E-state index in [9.17, 15) is 0 Å². The second-order valence-electron chi connectivity index (χ2n) is 3.77. The van der Waals surface area contributed by atoms with E-state index in [4.69, 9.17) is 0 Å². The van der Waals surface area contributed by atoms with Gasteiger partial charge in [0.25, 0.3) is 0 Å². The zero-order valence-electron chi connectivity index (χ0n) is 7.75. The molecule has 0 N–H and O–H groups in total. The third-order valence-electron chi connectivity index (χ3n) is 2.91. The summed E-state index contributed by atoms with van der Waals surface area (Å²) in [5, 5.41) is 0. The van der Waals surface area contributed by atoms with Crippen LogP contribution in [0, 0.1) is 6.92 Å². The van der Waals surface area contributed by atoms with Crippen LogP contribution in [-0.2, 0) is 12.8 Å². The predicted octanol–water partition coefficient (Wildman–Crippen LogP) is 2.13. The Morgan fingerprint density at radius 2 is 2.31 bits per heavy atom. The van der Waals surface area contributed by atoms with E-state index >= 15 is 0 Å². The SMILES string of the molecule is Cc1cc2c(n3ccnc13)CCC2. The topological polar surface area (TPSA) is 17.3 Å². The van der Waals surface area contributed by atoms with Crippen LogP contribution in [0.15, 0.2) is 18.5 Å². The third kappa shape index (κ3) is 0.857. The summed E-state index contributed by atoms with van der Waals surface area (Å²) in [6.07, 6.45) is 7.71. The van der Waals surface area contributed by atoms with Gasteiger partial charge in [-0.1, -0.05) is 6.07 Å². The number of nitrogens with zero attached hydrogens (tertiary/aromatic N) is 2. The molecule has 2 heterocycles. The van der Waals surface area contributed by atoms with Crippen LogP contribution in [0.2, 0.25) is 0 Å². The summed E-state index contributed by atoms with van der Waals surface area (Å²) in [5.74, 6) is 0. The van der Waals surface area contributed by atoms with E-state index in [1.54, 1.807) is 0 Å². The maximum absolute atomic E-state index is 4.36. The van der Waals surface area contributed by atoms with Crippen molar-refractivity contribution in [1.29, 1.82) is 0 Å². The Bertz CT molecular complexity index is 468. The Balaban J connectivity index is 2.48. The van der Waals surface area contributed by atoms with Gasteiger partial charge < -0.3 is 4.40 Å². The number of hydrogen-bond acceptors (Lipinski definition) is 1. The highest BCUT2D eigenvalue weighted by molar-refractivity contribution is 5.51. The van der Waals surface area contributed by atoms with Crippen molar-refractivity contribution in [2.24, 2.45) is 0 Å². The smallest absolute Gasteiger partial charge is 0.139 e. The lowest BCUT2D eigenvalue weighted by atomic mass is 10.1. The zero-order valence-corrected chi connectivity index (χ0v) is 7.75. The Kier molecular flexibility index (Phi) is 1.29. The van der Waals surface area contributed by atoms with Gasteiger partial charge in [-0.05, 0) is 37.3 Å². The molecule has 2 heteroatoms. The molecule has 1 aliphatic rings. The minimum Gasteiger partial charge on any atom is -0.304 e. The second-order valence-corrected chi connectivity index (χ2v) is 3.77. The monoisotopic (exact) mass is 172 g/mol. The minimum absolute atomic E-state index is 1.13. The van der Waals surface area contributed by atoms with Crippen molar-refractivity contribution >= 4 is 5.65 Å². The lowest BCUT2D eigenvalue weighted by Crippen LogP contribution is -1.96. The molecule has 0 aliphatic heterocycles. The van der Waals surface area contributed by atoms with Crippen molar-refractivity contribution < 1.29 is 0 Å². The Morgan fingerprint density at radius 3 is 3.23 bits per heavy atom. The molecule has 2 nitrogen and oxygen atoms in total. The van der Waals surface area contributed by atoms with Gasteiger partial charge in [0.1, 0.15) is 5.65 Å². The number of pyridine rings is 1. The molecular formula is C11H12N2. The summed E-state index contributed by atoms with van der Waals surface area (Å²) in [6.45, 7) is 2.14.